The minimum absolute atomic E-state index is 0.0847. The predicted molar refractivity (Wildman–Crippen MR) is 103 cm³/mol. The first-order chi connectivity index (χ1) is 12.3. The number of nitrogens with zero attached hydrogens (tertiary/aromatic N) is 2. The molecule has 1 aliphatic rings. The van der Waals surface area contributed by atoms with Crippen LogP contribution < -0.4 is 10.6 Å². The monoisotopic (exact) mass is 380 g/mol. The van der Waals surface area contributed by atoms with E-state index in [2.05, 4.69) is 15.6 Å². The summed E-state index contributed by atoms with van der Waals surface area (Å²) in [7, 11) is -3.22. The Bertz CT molecular complexity index is 769. The van der Waals surface area contributed by atoms with E-state index < -0.39 is 9.84 Å². The molecule has 1 aromatic rings. The molecular weight excluding hydrogens is 352 g/mol. The summed E-state index contributed by atoms with van der Waals surface area (Å²) in [6.45, 7) is 6.72. The van der Waals surface area contributed by atoms with Crippen molar-refractivity contribution in [3.05, 3.63) is 29.3 Å². The molecule has 0 radical (unpaired) electrons. The van der Waals surface area contributed by atoms with Gasteiger partial charge in [-0.25, -0.2) is 13.4 Å². The second kappa shape index (κ2) is 9.02. The van der Waals surface area contributed by atoms with E-state index in [9.17, 15) is 13.2 Å². The van der Waals surface area contributed by atoms with Gasteiger partial charge in [0.1, 0.15) is 0 Å². The molecule has 0 aromatic heterocycles. The van der Waals surface area contributed by atoms with Gasteiger partial charge in [-0.1, -0.05) is 12.1 Å². The molecule has 1 saturated heterocycles. The molecule has 0 aliphatic carbocycles. The van der Waals surface area contributed by atoms with Crippen LogP contribution in [0.4, 0.5) is 0 Å². The van der Waals surface area contributed by atoms with E-state index in [1.165, 1.54) is 6.26 Å². The third kappa shape index (κ3) is 5.72. The lowest BCUT2D eigenvalue weighted by Crippen LogP contribution is -2.44. The molecule has 0 spiro atoms. The fourth-order valence-electron chi connectivity index (χ4n) is 2.98. The Hall–Kier alpha value is -2.09. The highest BCUT2D eigenvalue weighted by Gasteiger charge is 2.17. The number of hydrogen-bond acceptors (Lipinski definition) is 4. The number of amides is 1. The molecule has 1 amide bonds. The lowest BCUT2D eigenvalue weighted by atomic mass is 10.1. The Kier molecular flexibility index (Phi) is 7.02. The summed E-state index contributed by atoms with van der Waals surface area (Å²) in [4.78, 5) is 18.8. The first kappa shape index (κ1) is 20.2. The zero-order chi connectivity index (χ0) is 19.2. The van der Waals surface area contributed by atoms with Gasteiger partial charge in [0.15, 0.2) is 15.8 Å². The first-order valence-electron chi connectivity index (χ1n) is 8.91. The quantitative estimate of drug-likeness (QED) is 0.569. The topological polar surface area (TPSA) is 90.9 Å². The molecule has 2 N–H and O–H groups in total. The van der Waals surface area contributed by atoms with E-state index in [1.807, 2.05) is 17.9 Å². The Labute approximate surface area is 155 Å². The molecule has 26 heavy (non-hydrogen) atoms. The van der Waals surface area contributed by atoms with Crippen molar-refractivity contribution in [1.29, 1.82) is 0 Å². The third-order valence-corrected chi connectivity index (χ3v) is 5.53. The number of guanidine groups is 1. The number of sulfone groups is 1. The Morgan fingerprint density at radius 1 is 1.23 bits per heavy atom. The number of rotatable bonds is 6. The molecular formula is C18H28N4O3S. The third-order valence-electron chi connectivity index (χ3n) is 4.27. The van der Waals surface area contributed by atoms with E-state index in [0.717, 1.165) is 31.5 Å². The van der Waals surface area contributed by atoms with Gasteiger partial charge in [0.2, 0.25) is 5.91 Å². The Morgan fingerprint density at radius 2 is 1.92 bits per heavy atom. The summed E-state index contributed by atoms with van der Waals surface area (Å²) in [5, 5.41) is 6.19. The molecule has 1 fully saturated rings. The van der Waals surface area contributed by atoms with Crippen LogP contribution >= 0.6 is 0 Å². The molecule has 0 bridgehead atoms. The van der Waals surface area contributed by atoms with Crippen LogP contribution in [0.5, 0.6) is 0 Å². The second-order valence-electron chi connectivity index (χ2n) is 6.51. The van der Waals surface area contributed by atoms with Crippen LogP contribution in [0.3, 0.4) is 0 Å². The van der Waals surface area contributed by atoms with Crippen molar-refractivity contribution in [2.45, 2.75) is 38.1 Å². The standard InChI is InChI=1S/C18H28N4O3S/c1-4-19-18(21-13-17(23)22-9-5-6-10-22)20-12-15-7-8-16(14(2)11-15)26(3,24)25/h7-8,11H,4-6,9-10,12-13H2,1-3H3,(H2,19,20,21). The van der Waals surface area contributed by atoms with E-state index in [-0.39, 0.29) is 12.5 Å². The maximum atomic E-state index is 12.1. The minimum atomic E-state index is -3.22. The van der Waals surface area contributed by atoms with E-state index in [4.69, 9.17) is 0 Å². The molecule has 1 aliphatic heterocycles. The summed E-state index contributed by atoms with van der Waals surface area (Å²) in [5.74, 6) is 0.659. The highest BCUT2D eigenvalue weighted by Crippen LogP contribution is 2.17. The molecule has 0 saturated carbocycles. The summed E-state index contributed by atoms with van der Waals surface area (Å²) in [6, 6.07) is 5.22. The number of carbonyl (C=O) groups excluding carboxylic acids is 1. The maximum Gasteiger partial charge on any atom is 0.241 e. The summed E-state index contributed by atoms with van der Waals surface area (Å²) < 4.78 is 23.4. The maximum absolute atomic E-state index is 12.1. The Morgan fingerprint density at radius 3 is 2.50 bits per heavy atom. The molecule has 0 atom stereocenters. The number of aliphatic imine (C=N–C) groups is 1. The SMILES string of the molecule is CCNC(=NCc1ccc(S(C)(=O)=O)c(C)c1)NCC(=O)N1CCCC1. The lowest BCUT2D eigenvalue weighted by Gasteiger charge is -2.17. The minimum Gasteiger partial charge on any atom is -0.357 e. The molecule has 2 rings (SSSR count). The van der Waals surface area contributed by atoms with E-state index >= 15 is 0 Å². The number of benzene rings is 1. The summed E-state index contributed by atoms with van der Waals surface area (Å²) in [6.07, 6.45) is 3.35. The van der Waals surface area contributed by atoms with Gasteiger partial charge in [0, 0.05) is 25.9 Å². The van der Waals surface area contributed by atoms with Gasteiger partial charge in [0.25, 0.3) is 0 Å². The molecule has 1 heterocycles. The van der Waals surface area contributed by atoms with Crippen molar-refractivity contribution in [2.24, 2.45) is 4.99 Å². The van der Waals surface area contributed by atoms with Gasteiger partial charge in [0.05, 0.1) is 18.0 Å². The smallest absolute Gasteiger partial charge is 0.241 e. The van der Waals surface area contributed by atoms with Crippen molar-refractivity contribution >= 4 is 21.7 Å². The highest BCUT2D eigenvalue weighted by atomic mass is 32.2. The number of hydrogen-bond donors (Lipinski definition) is 2. The second-order valence-corrected chi connectivity index (χ2v) is 8.49. The van der Waals surface area contributed by atoms with Crippen LogP contribution in [-0.4, -0.2) is 57.6 Å². The number of aryl methyl sites for hydroxylation is 1. The summed E-state index contributed by atoms with van der Waals surface area (Å²) in [5.41, 5.74) is 1.63. The van der Waals surface area contributed by atoms with Crippen LogP contribution in [0, 0.1) is 6.92 Å². The van der Waals surface area contributed by atoms with Crippen molar-refractivity contribution in [2.75, 3.05) is 32.4 Å². The fourth-order valence-corrected chi connectivity index (χ4v) is 3.93. The normalized spacial score (nSPS) is 15.2. The van der Waals surface area contributed by atoms with Crippen LogP contribution in [0.25, 0.3) is 0 Å². The lowest BCUT2D eigenvalue weighted by molar-refractivity contribution is -0.128. The van der Waals surface area contributed by atoms with Crippen LogP contribution in [0.15, 0.2) is 28.1 Å². The largest absolute Gasteiger partial charge is 0.357 e. The van der Waals surface area contributed by atoms with Gasteiger partial charge in [-0.15, -0.1) is 0 Å². The van der Waals surface area contributed by atoms with Gasteiger partial charge >= 0.3 is 0 Å². The average Bonchev–Trinajstić information content (AvgIpc) is 3.10. The van der Waals surface area contributed by atoms with Crippen molar-refractivity contribution < 1.29 is 13.2 Å². The van der Waals surface area contributed by atoms with Crippen LogP contribution in [-0.2, 0) is 21.2 Å². The predicted octanol–water partition coefficient (Wildman–Crippen LogP) is 1.08. The first-order valence-corrected chi connectivity index (χ1v) is 10.8. The Balaban J connectivity index is 1.99. The van der Waals surface area contributed by atoms with Crippen LogP contribution in [0.1, 0.15) is 30.9 Å². The van der Waals surface area contributed by atoms with Gasteiger partial charge in [-0.05, 0) is 43.9 Å². The molecule has 144 valence electrons. The zero-order valence-corrected chi connectivity index (χ0v) is 16.5. The molecule has 7 nitrogen and oxygen atoms in total. The average molecular weight is 381 g/mol. The van der Waals surface area contributed by atoms with Gasteiger partial charge in [-0.3, -0.25) is 4.79 Å². The number of likely N-dealkylation sites (tertiary alicyclic amines) is 1. The zero-order valence-electron chi connectivity index (χ0n) is 15.7. The van der Waals surface area contributed by atoms with Crippen molar-refractivity contribution in [3.8, 4) is 0 Å². The van der Waals surface area contributed by atoms with Crippen molar-refractivity contribution in [3.63, 3.8) is 0 Å². The van der Waals surface area contributed by atoms with E-state index in [0.29, 0.717) is 29.5 Å². The number of nitrogens with one attached hydrogen (secondary N) is 2. The van der Waals surface area contributed by atoms with E-state index in [1.54, 1.807) is 19.1 Å². The fraction of sp³-hybridized carbons (Fsp3) is 0.556. The molecule has 0 unspecified atom stereocenters. The molecule has 1 aromatic carbocycles. The van der Waals surface area contributed by atoms with Crippen LogP contribution in [0.2, 0.25) is 0 Å². The highest BCUT2D eigenvalue weighted by molar-refractivity contribution is 7.90. The van der Waals surface area contributed by atoms with Gasteiger partial charge < -0.3 is 15.5 Å². The number of carbonyl (C=O) groups is 1. The molecule has 8 heteroatoms. The van der Waals surface area contributed by atoms with Crippen molar-refractivity contribution in [1.82, 2.24) is 15.5 Å². The summed E-state index contributed by atoms with van der Waals surface area (Å²) >= 11 is 0. The van der Waals surface area contributed by atoms with Gasteiger partial charge in [-0.2, -0.15) is 0 Å².